The van der Waals surface area contributed by atoms with E-state index in [1.165, 1.54) is 24.3 Å². The van der Waals surface area contributed by atoms with Gasteiger partial charge in [-0.05, 0) is 67.3 Å². The number of hydrogen-bond acceptors (Lipinski definition) is 4. The zero-order valence-corrected chi connectivity index (χ0v) is 15.1. The minimum Gasteiger partial charge on any atom is -0.508 e. The van der Waals surface area contributed by atoms with Gasteiger partial charge in [-0.2, -0.15) is 0 Å². The lowest BCUT2D eigenvalue weighted by Crippen LogP contribution is -2.15. The number of anilines is 1. The first-order chi connectivity index (χ1) is 11.2. The van der Waals surface area contributed by atoms with Crippen LogP contribution in [0.15, 0.2) is 41.3 Å². The molecule has 130 valence electrons. The maximum atomic E-state index is 12.8. The number of sulfonamides is 1. The third kappa shape index (κ3) is 4.00. The summed E-state index contributed by atoms with van der Waals surface area (Å²) in [6.45, 7) is 8.18. The Morgan fingerprint density at radius 2 is 1.79 bits per heavy atom. The molecule has 0 aliphatic carbocycles. The monoisotopic (exact) mass is 349 g/mol. The predicted octanol–water partition coefficient (Wildman–Crippen LogP) is 4.02. The molecule has 2 rings (SSSR count). The molecule has 5 nitrogen and oxygen atoms in total. The van der Waals surface area contributed by atoms with E-state index in [0.717, 1.165) is 11.1 Å². The second kappa shape index (κ2) is 7.13. The van der Waals surface area contributed by atoms with Gasteiger partial charge in [-0.3, -0.25) is 4.72 Å². The molecule has 0 saturated heterocycles. The normalized spacial score (nSPS) is 11.5. The van der Waals surface area contributed by atoms with Gasteiger partial charge in [0.25, 0.3) is 10.0 Å². The predicted molar refractivity (Wildman–Crippen MR) is 95.4 cm³/mol. The Kier molecular flexibility index (Phi) is 5.39. The van der Waals surface area contributed by atoms with Crippen LogP contribution in [0, 0.1) is 6.92 Å². The van der Waals surface area contributed by atoms with Crippen molar-refractivity contribution in [3.8, 4) is 11.5 Å². The van der Waals surface area contributed by atoms with E-state index in [9.17, 15) is 13.5 Å². The van der Waals surface area contributed by atoms with Crippen molar-refractivity contribution in [3.05, 3.63) is 47.5 Å². The van der Waals surface area contributed by atoms with Crippen molar-refractivity contribution in [3.63, 3.8) is 0 Å². The van der Waals surface area contributed by atoms with E-state index >= 15 is 0 Å². The smallest absolute Gasteiger partial charge is 0.265 e. The Morgan fingerprint density at radius 1 is 1.17 bits per heavy atom. The summed E-state index contributed by atoms with van der Waals surface area (Å²) in [4.78, 5) is 0.117. The fraction of sp³-hybridized carbons (Fsp3) is 0.333. The van der Waals surface area contributed by atoms with Gasteiger partial charge in [0.05, 0.1) is 6.61 Å². The SMILES string of the molecule is CCOc1cc(C)c(C(C)C)cc1S(=O)(=O)Nc1ccc(O)cc1. The fourth-order valence-corrected chi connectivity index (χ4v) is 3.74. The number of aromatic hydroxyl groups is 1. The van der Waals surface area contributed by atoms with Crippen LogP contribution in [0.5, 0.6) is 11.5 Å². The average molecular weight is 349 g/mol. The first-order valence-corrected chi connectivity index (χ1v) is 9.32. The van der Waals surface area contributed by atoms with Crippen LogP contribution in [0.4, 0.5) is 5.69 Å². The molecule has 0 atom stereocenters. The van der Waals surface area contributed by atoms with Gasteiger partial charge in [-0.15, -0.1) is 0 Å². The second-order valence-corrected chi connectivity index (χ2v) is 7.55. The summed E-state index contributed by atoms with van der Waals surface area (Å²) >= 11 is 0. The highest BCUT2D eigenvalue weighted by molar-refractivity contribution is 7.92. The molecule has 0 spiro atoms. The quantitative estimate of drug-likeness (QED) is 0.772. The van der Waals surface area contributed by atoms with E-state index in [2.05, 4.69) is 4.72 Å². The molecule has 2 aromatic rings. The maximum Gasteiger partial charge on any atom is 0.265 e. The van der Waals surface area contributed by atoms with E-state index in [1.54, 1.807) is 12.1 Å². The molecule has 0 saturated carbocycles. The molecule has 0 radical (unpaired) electrons. The Bertz CT molecular complexity index is 812. The zero-order valence-electron chi connectivity index (χ0n) is 14.3. The van der Waals surface area contributed by atoms with Crippen LogP contribution in [0.2, 0.25) is 0 Å². The topological polar surface area (TPSA) is 75.6 Å². The summed E-state index contributed by atoms with van der Waals surface area (Å²) in [5.41, 5.74) is 2.34. The van der Waals surface area contributed by atoms with Gasteiger partial charge >= 0.3 is 0 Å². The van der Waals surface area contributed by atoms with Gasteiger partial charge in [-0.25, -0.2) is 8.42 Å². The number of hydrogen-bond donors (Lipinski definition) is 2. The van der Waals surface area contributed by atoms with Crippen LogP contribution < -0.4 is 9.46 Å². The molecule has 0 fully saturated rings. The van der Waals surface area contributed by atoms with Gasteiger partial charge < -0.3 is 9.84 Å². The lowest BCUT2D eigenvalue weighted by atomic mass is 9.98. The molecule has 0 unspecified atom stereocenters. The molecule has 2 aromatic carbocycles. The van der Waals surface area contributed by atoms with Gasteiger partial charge in [0.15, 0.2) is 0 Å². The standard InChI is InChI=1S/C18H23NO4S/c1-5-23-17-10-13(4)16(12(2)3)11-18(17)24(21,22)19-14-6-8-15(20)9-7-14/h6-12,19-20H,5H2,1-4H3. The van der Waals surface area contributed by atoms with E-state index in [-0.39, 0.29) is 16.6 Å². The molecule has 0 aliphatic rings. The van der Waals surface area contributed by atoms with Crippen LogP contribution in [-0.4, -0.2) is 20.1 Å². The van der Waals surface area contributed by atoms with Gasteiger partial charge in [0.2, 0.25) is 0 Å². The number of ether oxygens (including phenoxy) is 1. The van der Waals surface area contributed by atoms with Crippen LogP contribution in [-0.2, 0) is 10.0 Å². The van der Waals surface area contributed by atoms with Crippen molar-refractivity contribution in [1.29, 1.82) is 0 Å². The summed E-state index contributed by atoms with van der Waals surface area (Å²) in [5.74, 6) is 0.611. The number of benzene rings is 2. The van der Waals surface area contributed by atoms with Crippen LogP contribution in [0.1, 0.15) is 37.8 Å². The molecular weight excluding hydrogens is 326 g/mol. The molecular formula is C18H23NO4S. The third-order valence-corrected chi connectivity index (χ3v) is 5.07. The minimum absolute atomic E-state index is 0.0744. The van der Waals surface area contributed by atoms with Crippen LogP contribution in [0.25, 0.3) is 0 Å². The van der Waals surface area contributed by atoms with Gasteiger partial charge in [-0.1, -0.05) is 13.8 Å². The summed E-state index contributed by atoms with van der Waals surface area (Å²) in [7, 11) is -3.81. The third-order valence-electron chi connectivity index (χ3n) is 3.66. The number of nitrogens with one attached hydrogen (secondary N) is 1. The van der Waals surface area contributed by atoms with Crippen molar-refractivity contribution >= 4 is 15.7 Å². The Hall–Kier alpha value is -2.21. The molecule has 24 heavy (non-hydrogen) atoms. The molecule has 0 aliphatic heterocycles. The molecule has 0 bridgehead atoms. The largest absolute Gasteiger partial charge is 0.508 e. The maximum absolute atomic E-state index is 12.8. The summed E-state index contributed by atoms with van der Waals surface area (Å²) in [6, 6.07) is 9.31. The average Bonchev–Trinajstić information content (AvgIpc) is 2.49. The molecule has 0 amide bonds. The van der Waals surface area contributed by atoms with Crippen molar-refractivity contribution < 1.29 is 18.3 Å². The first-order valence-electron chi connectivity index (χ1n) is 7.83. The molecule has 0 heterocycles. The lowest BCUT2D eigenvalue weighted by molar-refractivity contribution is 0.330. The fourth-order valence-electron chi connectivity index (χ4n) is 2.52. The summed E-state index contributed by atoms with van der Waals surface area (Å²) in [5, 5.41) is 9.32. The summed E-state index contributed by atoms with van der Waals surface area (Å²) < 4.78 is 33.7. The Balaban J connectivity index is 2.50. The van der Waals surface area contributed by atoms with Crippen molar-refractivity contribution in [2.24, 2.45) is 0 Å². The van der Waals surface area contributed by atoms with E-state index in [1.807, 2.05) is 27.7 Å². The highest BCUT2D eigenvalue weighted by Gasteiger charge is 2.22. The number of phenolic OH excluding ortho intramolecular Hbond substituents is 1. The Morgan fingerprint density at radius 3 is 2.33 bits per heavy atom. The van der Waals surface area contributed by atoms with Crippen molar-refractivity contribution in [1.82, 2.24) is 0 Å². The van der Waals surface area contributed by atoms with Crippen molar-refractivity contribution in [2.45, 2.75) is 38.5 Å². The molecule has 0 aromatic heterocycles. The minimum atomic E-state index is -3.81. The second-order valence-electron chi connectivity index (χ2n) is 5.90. The number of rotatable bonds is 6. The zero-order chi connectivity index (χ0) is 17.9. The van der Waals surface area contributed by atoms with Crippen molar-refractivity contribution in [2.75, 3.05) is 11.3 Å². The molecule has 2 N–H and O–H groups in total. The van der Waals surface area contributed by atoms with Gasteiger partial charge in [0, 0.05) is 5.69 Å². The van der Waals surface area contributed by atoms with Crippen LogP contribution in [0.3, 0.4) is 0 Å². The van der Waals surface area contributed by atoms with Crippen LogP contribution >= 0.6 is 0 Å². The highest BCUT2D eigenvalue weighted by Crippen LogP contribution is 2.32. The molecule has 6 heteroatoms. The van der Waals surface area contributed by atoms with E-state index < -0.39 is 10.0 Å². The van der Waals surface area contributed by atoms with E-state index in [0.29, 0.717) is 18.0 Å². The lowest BCUT2D eigenvalue weighted by Gasteiger charge is -2.17. The Labute approximate surface area is 143 Å². The summed E-state index contributed by atoms with van der Waals surface area (Å²) in [6.07, 6.45) is 0. The number of aryl methyl sites for hydroxylation is 1. The van der Waals surface area contributed by atoms with E-state index in [4.69, 9.17) is 4.74 Å². The first kappa shape index (κ1) is 18.1. The number of phenols is 1. The highest BCUT2D eigenvalue weighted by atomic mass is 32.2. The van der Waals surface area contributed by atoms with Gasteiger partial charge in [0.1, 0.15) is 16.4 Å².